The lowest BCUT2D eigenvalue weighted by Crippen LogP contribution is -2.27. The van der Waals surface area contributed by atoms with Crippen LogP contribution in [0.1, 0.15) is 5.56 Å². The number of rotatable bonds is 7. The molecular formula is C15H15Cl2N5. The first-order valence-electron chi connectivity index (χ1n) is 6.47. The Balaban J connectivity index is 2.89. The van der Waals surface area contributed by atoms with Crippen molar-refractivity contribution in [1.29, 1.82) is 10.5 Å². The first-order chi connectivity index (χ1) is 10.7. The number of halogens is 2. The molecule has 5 nitrogen and oxygen atoms in total. The third kappa shape index (κ3) is 5.29. The van der Waals surface area contributed by atoms with Crippen molar-refractivity contribution in [1.82, 2.24) is 0 Å². The second-order valence-corrected chi connectivity index (χ2v) is 4.96. The Morgan fingerprint density at radius 2 is 1.73 bits per heavy atom. The Bertz CT molecular complexity index is 617. The van der Waals surface area contributed by atoms with Crippen LogP contribution in [0.15, 0.2) is 40.7 Å². The summed E-state index contributed by atoms with van der Waals surface area (Å²) in [4.78, 5) is 6.00. The number of hydrogen-bond donors (Lipinski definition) is 1. The normalized spacial score (nSPS) is 11.6. The molecule has 0 aliphatic heterocycles. The van der Waals surface area contributed by atoms with E-state index in [4.69, 9.17) is 39.5 Å². The summed E-state index contributed by atoms with van der Waals surface area (Å²) in [5.41, 5.74) is 6.87. The third-order valence-electron chi connectivity index (χ3n) is 2.79. The highest BCUT2D eigenvalue weighted by molar-refractivity contribution is 6.18. The van der Waals surface area contributed by atoms with Crippen LogP contribution in [-0.4, -0.2) is 31.1 Å². The molecule has 0 fully saturated rings. The monoisotopic (exact) mass is 335 g/mol. The summed E-state index contributed by atoms with van der Waals surface area (Å²) in [5, 5.41) is 17.5. The molecule has 0 radical (unpaired) electrons. The summed E-state index contributed by atoms with van der Waals surface area (Å²) < 4.78 is 0. The van der Waals surface area contributed by atoms with Crippen molar-refractivity contribution >= 4 is 35.1 Å². The number of nitrogens with two attached hydrogens (primary N) is 1. The number of nitriles is 2. The molecule has 1 rings (SSSR count). The lowest BCUT2D eigenvalue weighted by atomic mass is 10.2. The van der Waals surface area contributed by atoms with Crippen molar-refractivity contribution in [3.8, 4) is 12.1 Å². The third-order valence-corrected chi connectivity index (χ3v) is 3.13. The number of alkyl halides is 2. The van der Waals surface area contributed by atoms with Gasteiger partial charge in [0.05, 0.1) is 0 Å². The Labute approximate surface area is 139 Å². The van der Waals surface area contributed by atoms with E-state index in [2.05, 4.69) is 9.89 Å². The van der Waals surface area contributed by atoms with Gasteiger partial charge in [0.1, 0.15) is 17.8 Å². The Kier molecular flexibility index (Phi) is 7.85. The molecule has 0 saturated carbocycles. The first kappa shape index (κ1) is 17.8. The zero-order valence-electron chi connectivity index (χ0n) is 11.8. The van der Waals surface area contributed by atoms with Gasteiger partial charge in [0.2, 0.25) is 0 Å². The van der Waals surface area contributed by atoms with Crippen molar-refractivity contribution in [2.24, 2.45) is 10.7 Å². The van der Waals surface area contributed by atoms with E-state index in [0.717, 1.165) is 11.3 Å². The van der Waals surface area contributed by atoms with E-state index in [0.29, 0.717) is 24.8 Å². The molecule has 1 aromatic carbocycles. The molecule has 0 amide bonds. The van der Waals surface area contributed by atoms with Crippen LogP contribution in [0.3, 0.4) is 0 Å². The average molecular weight is 336 g/mol. The molecule has 0 aliphatic carbocycles. The minimum absolute atomic E-state index is 0.0996. The summed E-state index contributed by atoms with van der Waals surface area (Å²) in [5.74, 6) is 1.04. The molecule has 0 aromatic heterocycles. The fourth-order valence-corrected chi connectivity index (χ4v) is 2.10. The highest BCUT2D eigenvalue weighted by atomic mass is 35.5. The van der Waals surface area contributed by atoms with Crippen molar-refractivity contribution in [2.45, 2.75) is 0 Å². The molecule has 0 unspecified atom stereocenters. The van der Waals surface area contributed by atoms with Crippen LogP contribution in [0.2, 0.25) is 0 Å². The van der Waals surface area contributed by atoms with Crippen LogP contribution in [-0.2, 0) is 0 Å². The molecule has 0 saturated heterocycles. The lowest BCUT2D eigenvalue weighted by molar-refractivity contribution is 0.874. The molecule has 2 N–H and O–H groups in total. The van der Waals surface area contributed by atoms with Crippen molar-refractivity contribution in [2.75, 3.05) is 29.7 Å². The standard InChI is InChI=1S/C15H15Cl2N5/c16-5-7-22(8-6-17)13-3-1-12(2-4-13)11-21-15(10-19)14(20)9-18/h1-4,11H,5-8,20H2/b15-14+,21-11?. The van der Waals surface area contributed by atoms with E-state index in [1.54, 1.807) is 12.1 Å². The van der Waals surface area contributed by atoms with Crippen molar-refractivity contribution < 1.29 is 0 Å². The predicted molar refractivity (Wildman–Crippen MR) is 90.1 cm³/mol. The quantitative estimate of drug-likeness (QED) is 0.471. The number of aliphatic imine (C=N–C) groups is 1. The topological polar surface area (TPSA) is 89.2 Å². The van der Waals surface area contributed by atoms with E-state index < -0.39 is 0 Å². The zero-order valence-corrected chi connectivity index (χ0v) is 13.3. The average Bonchev–Trinajstić information content (AvgIpc) is 2.55. The molecule has 114 valence electrons. The second-order valence-electron chi connectivity index (χ2n) is 4.20. The van der Waals surface area contributed by atoms with Gasteiger partial charge in [-0.25, -0.2) is 4.99 Å². The fraction of sp³-hybridized carbons (Fsp3) is 0.267. The minimum Gasteiger partial charge on any atom is -0.388 e. The van der Waals surface area contributed by atoms with Crippen molar-refractivity contribution in [3.05, 3.63) is 41.2 Å². The summed E-state index contributed by atoms with van der Waals surface area (Å²) in [6, 6.07) is 11.0. The Hall–Kier alpha value is -2.21. The lowest BCUT2D eigenvalue weighted by Gasteiger charge is -2.22. The number of benzene rings is 1. The van der Waals surface area contributed by atoms with E-state index >= 15 is 0 Å². The van der Waals surface area contributed by atoms with Gasteiger partial charge in [-0.3, -0.25) is 0 Å². The summed E-state index contributed by atoms with van der Waals surface area (Å²) in [6.45, 7) is 1.42. The van der Waals surface area contributed by atoms with Crippen LogP contribution in [0.5, 0.6) is 0 Å². The van der Waals surface area contributed by atoms with Crippen LogP contribution >= 0.6 is 23.2 Å². The van der Waals surface area contributed by atoms with Gasteiger partial charge in [-0.05, 0) is 17.7 Å². The van der Waals surface area contributed by atoms with Gasteiger partial charge in [0, 0.05) is 36.8 Å². The largest absolute Gasteiger partial charge is 0.388 e. The smallest absolute Gasteiger partial charge is 0.174 e. The van der Waals surface area contributed by atoms with E-state index in [1.807, 2.05) is 24.3 Å². The van der Waals surface area contributed by atoms with Gasteiger partial charge >= 0.3 is 0 Å². The van der Waals surface area contributed by atoms with E-state index in [-0.39, 0.29) is 11.4 Å². The molecule has 0 bridgehead atoms. The predicted octanol–water partition coefficient (Wildman–Crippen LogP) is 2.61. The Morgan fingerprint density at radius 3 is 2.18 bits per heavy atom. The zero-order chi connectivity index (χ0) is 16.4. The molecular weight excluding hydrogens is 321 g/mol. The highest BCUT2D eigenvalue weighted by Gasteiger charge is 2.05. The maximum Gasteiger partial charge on any atom is 0.174 e. The molecule has 1 aromatic rings. The summed E-state index contributed by atoms with van der Waals surface area (Å²) in [7, 11) is 0. The van der Waals surface area contributed by atoms with Crippen LogP contribution in [0.25, 0.3) is 0 Å². The fourth-order valence-electron chi connectivity index (χ4n) is 1.70. The van der Waals surface area contributed by atoms with E-state index in [1.165, 1.54) is 6.21 Å². The summed E-state index contributed by atoms with van der Waals surface area (Å²) >= 11 is 11.6. The molecule has 7 heteroatoms. The molecule has 22 heavy (non-hydrogen) atoms. The van der Waals surface area contributed by atoms with Crippen molar-refractivity contribution in [3.63, 3.8) is 0 Å². The van der Waals surface area contributed by atoms with Gasteiger partial charge in [0.15, 0.2) is 5.70 Å². The van der Waals surface area contributed by atoms with Crippen LogP contribution in [0.4, 0.5) is 5.69 Å². The number of anilines is 1. The van der Waals surface area contributed by atoms with Crippen LogP contribution < -0.4 is 10.6 Å². The number of allylic oxidation sites excluding steroid dienone is 2. The first-order valence-corrected chi connectivity index (χ1v) is 7.54. The molecule has 0 aliphatic rings. The summed E-state index contributed by atoms with van der Waals surface area (Å²) in [6.07, 6.45) is 1.49. The van der Waals surface area contributed by atoms with Gasteiger partial charge in [-0.1, -0.05) is 12.1 Å². The minimum atomic E-state index is -0.203. The molecule has 0 spiro atoms. The van der Waals surface area contributed by atoms with Gasteiger partial charge in [0.25, 0.3) is 0 Å². The molecule has 0 heterocycles. The van der Waals surface area contributed by atoms with Gasteiger partial charge in [-0.2, -0.15) is 10.5 Å². The maximum atomic E-state index is 8.86. The Morgan fingerprint density at radius 1 is 1.14 bits per heavy atom. The van der Waals surface area contributed by atoms with Gasteiger partial charge < -0.3 is 10.6 Å². The highest BCUT2D eigenvalue weighted by Crippen LogP contribution is 2.15. The number of hydrogen-bond acceptors (Lipinski definition) is 5. The van der Waals surface area contributed by atoms with E-state index in [9.17, 15) is 0 Å². The number of nitrogens with zero attached hydrogens (tertiary/aromatic N) is 4. The second kappa shape index (κ2) is 9.68. The SMILES string of the molecule is N#C/C(N)=C(/C#N)N=Cc1ccc(N(CCCl)CCCl)cc1. The van der Waals surface area contributed by atoms with Crippen LogP contribution in [0, 0.1) is 22.7 Å². The maximum absolute atomic E-state index is 8.86. The van der Waals surface area contributed by atoms with Gasteiger partial charge in [-0.15, -0.1) is 23.2 Å². The molecule has 0 atom stereocenters.